The minimum absolute atomic E-state index is 0.0509. The minimum Gasteiger partial charge on any atom is -0.468 e. The van der Waals surface area contributed by atoms with Crippen molar-refractivity contribution < 1.29 is 14.3 Å². The van der Waals surface area contributed by atoms with Crippen LogP contribution in [0.15, 0.2) is 24.3 Å². The summed E-state index contributed by atoms with van der Waals surface area (Å²) in [6, 6.07) is 7.14. The first-order valence-corrected chi connectivity index (χ1v) is 5.76. The number of ether oxygens (including phenoxy) is 1. The summed E-state index contributed by atoms with van der Waals surface area (Å²) in [5.41, 5.74) is 1.82. The SMILES string of the molecule is CCN(CC(=O)OC)C(=O)Nc1ccc(C)cc1. The van der Waals surface area contributed by atoms with Gasteiger partial charge >= 0.3 is 12.0 Å². The molecular weight excluding hydrogens is 232 g/mol. The van der Waals surface area contributed by atoms with Crippen molar-refractivity contribution in [2.45, 2.75) is 13.8 Å². The number of amides is 2. The van der Waals surface area contributed by atoms with E-state index in [0.717, 1.165) is 5.56 Å². The summed E-state index contributed by atoms with van der Waals surface area (Å²) < 4.78 is 4.54. The number of rotatable bonds is 4. The van der Waals surface area contributed by atoms with E-state index in [0.29, 0.717) is 12.2 Å². The molecule has 0 bridgehead atoms. The highest BCUT2D eigenvalue weighted by molar-refractivity contribution is 5.91. The highest BCUT2D eigenvalue weighted by atomic mass is 16.5. The fourth-order valence-electron chi connectivity index (χ4n) is 1.39. The summed E-state index contributed by atoms with van der Waals surface area (Å²) in [6.07, 6.45) is 0. The molecule has 2 amide bonds. The van der Waals surface area contributed by atoms with Gasteiger partial charge in [0.1, 0.15) is 6.54 Å². The lowest BCUT2D eigenvalue weighted by Gasteiger charge is -2.19. The van der Waals surface area contributed by atoms with Crippen molar-refractivity contribution in [1.29, 1.82) is 0 Å². The number of aryl methyl sites for hydroxylation is 1. The summed E-state index contributed by atoms with van der Waals surface area (Å²) in [5.74, 6) is -0.434. The maximum Gasteiger partial charge on any atom is 0.325 e. The number of hydrogen-bond acceptors (Lipinski definition) is 3. The molecule has 0 saturated carbocycles. The van der Waals surface area contributed by atoms with Gasteiger partial charge in [0, 0.05) is 12.2 Å². The van der Waals surface area contributed by atoms with Crippen LogP contribution >= 0.6 is 0 Å². The number of nitrogens with zero attached hydrogens (tertiary/aromatic N) is 1. The monoisotopic (exact) mass is 250 g/mol. The number of nitrogens with one attached hydrogen (secondary N) is 1. The van der Waals surface area contributed by atoms with Crippen LogP contribution in [0.3, 0.4) is 0 Å². The second-order valence-electron chi connectivity index (χ2n) is 3.89. The van der Waals surface area contributed by atoms with Crippen LogP contribution in [0, 0.1) is 6.92 Å². The van der Waals surface area contributed by atoms with Gasteiger partial charge in [0.05, 0.1) is 7.11 Å². The zero-order chi connectivity index (χ0) is 13.5. The van der Waals surface area contributed by atoms with Gasteiger partial charge < -0.3 is 15.0 Å². The van der Waals surface area contributed by atoms with Gasteiger partial charge in [-0.2, -0.15) is 0 Å². The highest BCUT2D eigenvalue weighted by Crippen LogP contribution is 2.09. The Morgan fingerprint density at radius 2 is 1.89 bits per heavy atom. The molecule has 0 radical (unpaired) electrons. The number of benzene rings is 1. The van der Waals surface area contributed by atoms with Crippen molar-refractivity contribution in [2.75, 3.05) is 25.5 Å². The topological polar surface area (TPSA) is 58.6 Å². The predicted molar refractivity (Wildman–Crippen MR) is 69.5 cm³/mol. The Hall–Kier alpha value is -2.04. The van der Waals surface area contributed by atoms with Gasteiger partial charge in [-0.15, -0.1) is 0 Å². The van der Waals surface area contributed by atoms with Crippen molar-refractivity contribution in [2.24, 2.45) is 0 Å². The molecule has 0 fully saturated rings. The van der Waals surface area contributed by atoms with Crippen molar-refractivity contribution in [1.82, 2.24) is 4.90 Å². The molecule has 0 aliphatic carbocycles. The van der Waals surface area contributed by atoms with E-state index in [9.17, 15) is 9.59 Å². The molecule has 0 aromatic heterocycles. The standard InChI is InChI=1S/C13H18N2O3/c1-4-15(9-12(16)18-3)13(17)14-11-7-5-10(2)6-8-11/h5-8H,4,9H2,1-3H3,(H,14,17). The van der Waals surface area contributed by atoms with E-state index in [1.165, 1.54) is 12.0 Å². The number of esters is 1. The molecule has 0 heterocycles. The summed E-state index contributed by atoms with van der Waals surface area (Å²) in [4.78, 5) is 24.4. The number of methoxy groups -OCH3 is 1. The van der Waals surface area contributed by atoms with Gasteiger partial charge in [-0.3, -0.25) is 4.79 Å². The Morgan fingerprint density at radius 1 is 1.28 bits per heavy atom. The van der Waals surface area contributed by atoms with Crippen molar-refractivity contribution in [3.05, 3.63) is 29.8 Å². The molecule has 0 unspecified atom stereocenters. The minimum atomic E-state index is -0.434. The van der Waals surface area contributed by atoms with Crippen LogP contribution in [0.1, 0.15) is 12.5 Å². The Morgan fingerprint density at radius 3 is 2.39 bits per heavy atom. The normalized spacial score (nSPS) is 9.72. The molecule has 0 aliphatic rings. The van der Waals surface area contributed by atoms with Gasteiger partial charge in [0.25, 0.3) is 0 Å². The van der Waals surface area contributed by atoms with Crippen LogP contribution in [-0.2, 0) is 9.53 Å². The molecule has 1 N–H and O–H groups in total. The van der Waals surface area contributed by atoms with Gasteiger partial charge in [0.15, 0.2) is 0 Å². The zero-order valence-corrected chi connectivity index (χ0v) is 10.9. The Balaban J connectivity index is 2.62. The van der Waals surface area contributed by atoms with Gasteiger partial charge in [-0.25, -0.2) is 4.79 Å². The third-order valence-corrected chi connectivity index (χ3v) is 2.52. The molecule has 18 heavy (non-hydrogen) atoms. The van der Waals surface area contributed by atoms with Crippen molar-refractivity contribution in [3.63, 3.8) is 0 Å². The molecule has 5 nitrogen and oxygen atoms in total. The third-order valence-electron chi connectivity index (χ3n) is 2.52. The van der Waals surface area contributed by atoms with E-state index in [2.05, 4.69) is 10.1 Å². The molecular formula is C13H18N2O3. The highest BCUT2D eigenvalue weighted by Gasteiger charge is 2.15. The van der Waals surface area contributed by atoms with E-state index in [1.54, 1.807) is 6.92 Å². The first-order chi connectivity index (χ1) is 8.56. The zero-order valence-electron chi connectivity index (χ0n) is 10.9. The van der Waals surface area contributed by atoms with Crippen LogP contribution in [0.5, 0.6) is 0 Å². The quantitative estimate of drug-likeness (QED) is 0.832. The van der Waals surface area contributed by atoms with Crippen LogP contribution in [0.2, 0.25) is 0 Å². The largest absolute Gasteiger partial charge is 0.468 e. The van der Waals surface area contributed by atoms with Gasteiger partial charge in [-0.05, 0) is 26.0 Å². The number of anilines is 1. The number of carbonyl (C=O) groups excluding carboxylic acids is 2. The summed E-state index contributed by atoms with van der Waals surface area (Å²) >= 11 is 0. The smallest absolute Gasteiger partial charge is 0.325 e. The summed E-state index contributed by atoms with van der Waals surface area (Å²) in [5, 5.41) is 2.73. The van der Waals surface area contributed by atoms with Crippen LogP contribution < -0.4 is 5.32 Å². The van der Waals surface area contributed by atoms with Crippen molar-refractivity contribution >= 4 is 17.7 Å². The van der Waals surface area contributed by atoms with Crippen molar-refractivity contribution in [3.8, 4) is 0 Å². The lowest BCUT2D eigenvalue weighted by atomic mass is 10.2. The first kappa shape index (κ1) is 14.0. The maximum absolute atomic E-state index is 11.9. The molecule has 1 aromatic carbocycles. The third kappa shape index (κ3) is 4.08. The number of urea groups is 1. The summed E-state index contributed by atoms with van der Waals surface area (Å²) in [7, 11) is 1.30. The van der Waals surface area contributed by atoms with Crippen LogP contribution in [-0.4, -0.2) is 37.1 Å². The Bertz CT molecular complexity index is 415. The maximum atomic E-state index is 11.9. The van der Waals surface area contributed by atoms with Gasteiger partial charge in [-0.1, -0.05) is 17.7 Å². The van der Waals surface area contributed by atoms with Crippen LogP contribution in [0.25, 0.3) is 0 Å². The molecule has 0 saturated heterocycles. The molecule has 5 heteroatoms. The molecule has 1 rings (SSSR count). The fraction of sp³-hybridized carbons (Fsp3) is 0.385. The number of carbonyl (C=O) groups is 2. The second-order valence-corrected chi connectivity index (χ2v) is 3.89. The Labute approximate surface area is 107 Å². The van der Waals surface area contributed by atoms with E-state index in [1.807, 2.05) is 31.2 Å². The van der Waals surface area contributed by atoms with Gasteiger partial charge in [0.2, 0.25) is 0 Å². The average Bonchev–Trinajstić information content (AvgIpc) is 2.38. The van der Waals surface area contributed by atoms with E-state index < -0.39 is 5.97 Å². The van der Waals surface area contributed by atoms with Crippen LogP contribution in [0.4, 0.5) is 10.5 Å². The number of hydrogen-bond donors (Lipinski definition) is 1. The molecule has 98 valence electrons. The molecule has 0 atom stereocenters. The fourth-order valence-corrected chi connectivity index (χ4v) is 1.39. The molecule has 1 aromatic rings. The molecule has 0 spiro atoms. The number of likely N-dealkylation sites (N-methyl/N-ethyl adjacent to an activating group) is 1. The van der Waals surface area contributed by atoms with E-state index in [-0.39, 0.29) is 12.6 Å². The first-order valence-electron chi connectivity index (χ1n) is 5.76. The lowest BCUT2D eigenvalue weighted by molar-refractivity contribution is -0.141. The second kappa shape index (κ2) is 6.64. The summed E-state index contributed by atoms with van der Waals surface area (Å²) in [6.45, 7) is 4.16. The average molecular weight is 250 g/mol. The van der Waals surface area contributed by atoms with E-state index in [4.69, 9.17) is 0 Å². The lowest BCUT2D eigenvalue weighted by Crippen LogP contribution is -2.38. The van der Waals surface area contributed by atoms with E-state index >= 15 is 0 Å². The Kier molecular flexibility index (Phi) is 5.17. The predicted octanol–water partition coefficient (Wildman–Crippen LogP) is 2.02. The molecule has 0 aliphatic heterocycles.